The van der Waals surface area contributed by atoms with Crippen molar-refractivity contribution in [3.8, 4) is 0 Å². The topological polar surface area (TPSA) is 53.8 Å². The average Bonchev–Trinajstić information content (AvgIpc) is 3.17. The standard InChI is InChI=1S/C19H19BrN2O3/c20-14-3-5-15(6-4-14)21-11-13(10-18(21)23)19(24)22(16-7-8-16)12-17-2-1-9-25-17/h1-6,9,13,16H,7-8,10-12H2/t13-/m0/s1. The van der Waals surface area contributed by atoms with Gasteiger partial charge < -0.3 is 14.2 Å². The Morgan fingerprint density at radius 1 is 1.24 bits per heavy atom. The third kappa shape index (κ3) is 3.49. The van der Waals surface area contributed by atoms with Crippen LogP contribution in [0.5, 0.6) is 0 Å². The summed E-state index contributed by atoms with van der Waals surface area (Å²) in [7, 11) is 0. The zero-order valence-electron chi connectivity index (χ0n) is 13.7. The average molecular weight is 403 g/mol. The van der Waals surface area contributed by atoms with Gasteiger partial charge in [-0.3, -0.25) is 9.59 Å². The number of amides is 2. The van der Waals surface area contributed by atoms with Crippen molar-refractivity contribution in [1.29, 1.82) is 0 Å². The third-order valence-electron chi connectivity index (χ3n) is 4.79. The number of carbonyl (C=O) groups excluding carboxylic acids is 2. The van der Waals surface area contributed by atoms with Crippen LogP contribution in [0.2, 0.25) is 0 Å². The molecular weight excluding hydrogens is 384 g/mol. The van der Waals surface area contributed by atoms with Crippen LogP contribution in [0.4, 0.5) is 5.69 Å². The number of nitrogens with zero attached hydrogens (tertiary/aromatic N) is 2. The van der Waals surface area contributed by atoms with Crippen molar-refractivity contribution in [1.82, 2.24) is 4.90 Å². The lowest BCUT2D eigenvalue weighted by molar-refractivity contribution is -0.137. The molecule has 4 rings (SSSR count). The van der Waals surface area contributed by atoms with Crippen LogP contribution in [-0.2, 0) is 16.1 Å². The quantitative estimate of drug-likeness (QED) is 0.767. The van der Waals surface area contributed by atoms with Gasteiger partial charge in [-0.05, 0) is 49.2 Å². The molecule has 130 valence electrons. The molecule has 0 N–H and O–H groups in total. The number of hydrogen-bond acceptors (Lipinski definition) is 3. The number of benzene rings is 1. The molecule has 2 amide bonds. The summed E-state index contributed by atoms with van der Waals surface area (Å²) in [4.78, 5) is 29.1. The first-order valence-electron chi connectivity index (χ1n) is 8.50. The largest absolute Gasteiger partial charge is 0.467 e. The summed E-state index contributed by atoms with van der Waals surface area (Å²) in [6, 6.07) is 11.6. The van der Waals surface area contributed by atoms with E-state index in [1.54, 1.807) is 11.2 Å². The summed E-state index contributed by atoms with van der Waals surface area (Å²) in [6.45, 7) is 0.931. The SMILES string of the molecule is O=C1C[C@H](C(=O)N(Cc2ccco2)C2CC2)CN1c1ccc(Br)cc1. The van der Waals surface area contributed by atoms with Gasteiger partial charge in [-0.15, -0.1) is 0 Å². The molecule has 1 atom stereocenters. The molecule has 2 heterocycles. The molecule has 5 nitrogen and oxygen atoms in total. The Bertz CT molecular complexity index is 768. The van der Waals surface area contributed by atoms with Gasteiger partial charge in [0.25, 0.3) is 0 Å². The van der Waals surface area contributed by atoms with Gasteiger partial charge in [-0.1, -0.05) is 15.9 Å². The van der Waals surface area contributed by atoms with Crippen LogP contribution >= 0.6 is 15.9 Å². The Labute approximate surface area is 154 Å². The van der Waals surface area contributed by atoms with Gasteiger partial charge in [0.2, 0.25) is 11.8 Å². The minimum Gasteiger partial charge on any atom is -0.467 e. The van der Waals surface area contributed by atoms with Crippen molar-refractivity contribution in [3.05, 3.63) is 52.9 Å². The Kier molecular flexibility index (Phi) is 4.37. The maximum Gasteiger partial charge on any atom is 0.228 e. The van der Waals surface area contributed by atoms with Crippen molar-refractivity contribution >= 4 is 33.4 Å². The van der Waals surface area contributed by atoms with Gasteiger partial charge in [-0.25, -0.2) is 0 Å². The van der Waals surface area contributed by atoms with E-state index < -0.39 is 0 Å². The third-order valence-corrected chi connectivity index (χ3v) is 5.32. The zero-order chi connectivity index (χ0) is 17.4. The van der Waals surface area contributed by atoms with Crippen LogP contribution in [0, 0.1) is 5.92 Å². The molecule has 25 heavy (non-hydrogen) atoms. The highest BCUT2D eigenvalue weighted by molar-refractivity contribution is 9.10. The number of anilines is 1. The number of hydrogen-bond donors (Lipinski definition) is 0. The monoisotopic (exact) mass is 402 g/mol. The van der Waals surface area contributed by atoms with E-state index in [1.807, 2.05) is 41.3 Å². The van der Waals surface area contributed by atoms with Crippen LogP contribution in [0.15, 0.2) is 51.6 Å². The normalized spacial score (nSPS) is 20.1. The van der Waals surface area contributed by atoms with Gasteiger partial charge in [0, 0.05) is 29.2 Å². The van der Waals surface area contributed by atoms with Crippen LogP contribution < -0.4 is 4.90 Å². The molecule has 1 aliphatic heterocycles. The fraction of sp³-hybridized carbons (Fsp3) is 0.368. The Morgan fingerprint density at radius 2 is 2.00 bits per heavy atom. The van der Waals surface area contributed by atoms with Crippen molar-refractivity contribution in [2.75, 3.05) is 11.4 Å². The van der Waals surface area contributed by atoms with E-state index in [2.05, 4.69) is 15.9 Å². The lowest BCUT2D eigenvalue weighted by atomic mass is 10.1. The predicted molar refractivity (Wildman–Crippen MR) is 96.9 cm³/mol. The molecular formula is C19H19BrN2O3. The highest BCUT2D eigenvalue weighted by atomic mass is 79.9. The van der Waals surface area contributed by atoms with Crippen LogP contribution in [0.1, 0.15) is 25.0 Å². The van der Waals surface area contributed by atoms with E-state index in [4.69, 9.17) is 4.42 Å². The molecule has 1 saturated carbocycles. The maximum absolute atomic E-state index is 13.0. The minimum atomic E-state index is -0.285. The smallest absolute Gasteiger partial charge is 0.228 e. The first kappa shape index (κ1) is 16.4. The minimum absolute atomic E-state index is 0.00872. The van der Waals surface area contributed by atoms with Crippen LogP contribution in [0.25, 0.3) is 0 Å². The van der Waals surface area contributed by atoms with Crippen LogP contribution in [0.3, 0.4) is 0 Å². The molecule has 6 heteroatoms. The molecule has 2 aliphatic rings. The second kappa shape index (κ2) is 6.67. The van der Waals surface area contributed by atoms with E-state index in [1.165, 1.54) is 0 Å². The van der Waals surface area contributed by atoms with E-state index in [0.29, 0.717) is 13.1 Å². The van der Waals surface area contributed by atoms with Gasteiger partial charge in [0.15, 0.2) is 0 Å². The number of furan rings is 1. The highest BCUT2D eigenvalue weighted by Crippen LogP contribution is 2.33. The molecule has 0 spiro atoms. The Balaban J connectivity index is 1.48. The van der Waals surface area contributed by atoms with Crippen molar-refractivity contribution in [2.24, 2.45) is 5.92 Å². The second-order valence-electron chi connectivity index (χ2n) is 6.66. The van der Waals surface area contributed by atoms with Crippen molar-refractivity contribution in [2.45, 2.75) is 31.8 Å². The second-order valence-corrected chi connectivity index (χ2v) is 7.57. The summed E-state index contributed by atoms with van der Waals surface area (Å²) in [5.41, 5.74) is 0.840. The van der Waals surface area contributed by atoms with E-state index in [9.17, 15) is 9.59 Å². The molecule has 0 bridgehead atoms. The highest BCUT2D eigenvalue weighted by Gasteiger charge is 2.41. The van der Waals surface area contributed by atoms with Gasteiger partial charge in [-0.2, -0.15) is 0 Å². The number of halogens is 1. The zero-order valence-corrected chi connectivity index (χ0v) is 15.3. The molecule has 0 radical (unpaired) electrons. The molecule has 1 aromatic carbocycles. The lowest BCUT2D eigenvalue weighted by Gasteiger charge is -2.24. The summed E-state index contributed by atoms with van der Waals surface area (Å²) < 4.78 is 6.37. The van der Waals surface area contributed by atoms with Crippen molar-refractivity contribution in [3.63, 3.8) is 0 Å². The molecule has 1 saturated heterocycles. The molecule has 2 fully saturated rings. The van der Waals surface area contributed by atoms with E-state index >= 15 is 0 Å². The fourth-order valence-electron chi connectivity index (χ4n) is 3.32. The van der Waals surface area contributed by atoms with Crippen molar-refractivity contribution < 1.29 is 14.0 Å². The van der Waals surface area contributed by atoms with E-state index in [-0.39, 0.29) is 30.2 Å². The molecule has 1 aliphatic carbocycles. The molecule has 0 unspecified atom stereocenters. The van der Waals surface area contributed by atoms with Gasteiger partial charge in [0.1, 0.15) is 5.76 Å². The summed E-state index contributed by atoms with van der Waals surface area (Å²) in [5, 5.41) is 0. The Morgan fingerprint density at radius 3 is 2.64 bits per heavy atom. The molecule has 1 aromatic heterocycles. The number of carbonyl (C=O) groups is 2. The first-order valence-corrected chi connectivity index (χ1v) is 9.30. The van der Waals surface area contributed by atoms with Gasteiger partial charge >= 0.3 is 0 Å². The summed E-state index contributed by atoms with van der Waals surface area (Å²) in [5.74, 6) is 0.572. The van der Waals surface area contributed by atoms with E-state index in [0.717, 1.165) is 28.8 Å². The van der Waals surface area contributed by atoms with Gasteiger partial charge in [0.05, 0.1) is 18.7 Å². The maximum atomic E-state index is 13.0. The lowest BCUT2D eigenvalue weighted by Crippen LogP contribution is -2.38. The fourth-order valence-corrected chi connectivity index (χ4v) is 3.59. The predicted octanol–water partition coefficient (Wildman–Crippen LogP) is 3.59. The Hall–Kier alpha value is -2.08. The first-order chi connectivity index (χ1) is 12.1. The van der Waals surface area contributed by atoms with Crippen LogP contribution in [-0.4, -0.2) is 29.3 Å². The number of rotatable bonds is 5. The molecule has 2 aromatic rings. The summed E-state index contributed by atoms with van der Waals surface area (Å²) in [6.07, 6.45) is 3.96. The summed E-state index contributed by atoms with van der Waals surface area (Å²) >= 11 is 3.40.